The van der Waals surface area contributed by atoms with E-state index >= 15 is 0 Å². The molecule has 0 aliphatic carbocycles. The molecule has 65 heavy (non-hydrogen) atoms. The number of carbonyl (C=O) groups is 7. The summed E-state index contributed by atoms with van der Waals surface area (Å²) in [7, 11) is 1.45. The first-order valence-corrected chi connectivity index (χ1v) is 22.2. The molecular weight excluding hydrogens is 841 g/mol. The zero-order valence-electron chi connectivity index (χ0n) is 38.0. The molecule has 20 nitrogen and oxygen atoms in total. The molecule has 1 heterocycles. The highest BCUT2D eigenvalue weighted by Crippen LogP contribution is 2.19. The number of phenolic OH excluding ortho intramolecular Hbond substituents is 2. The smallest absolute Gasteiger partial charge is 0.326 e. The van der Waals surface area contributed by atoms with Gasteiger partial charge < -0.3 is 63.6 Å². The van der Waals surface area contributed by atoms with E-state index in [1.54, 1.807) is 38.1 Å². The van der Waals surface area contributed by atoms with Gasteiger partial charge in [0.15, 0.2) is 5.96 Å². The third-order valence-electron chi connectivity index (χ3n) is 11.5. The van der Waals surface area contributed by atoms with Gasteiger partial charge in [0.25, 0.3) is 0 Å². The fraction of sp³-hybridized carbons (Fsp3) is 0.556. The van der Waals surface area contributed by atoms with Gasteiger partial charge in [0, 0.05) is 20.1 Å². The molecule has 13 N–H and O–H groups in total. The number of aliphatic imine (C=N–C) groups is 1. The van der Waals surface area contributed by atoms with E-state index in [2.05, 4.69) is 36.9 Å². The van der Waals surface area contributed by atoms with Crippen LogP contribution < -0.4 is 43.4 Å². The fourth-order valence-electron chi connectivity index (χ4n) is 7.28. The Balaban J connectivity index is 2.03. The quantitative estimate of drug-likeness (QED) is 0.0642. The summed E-state index contributed by atoms with van der Waals surface area (Å²) in [5.74, 6) is -5.37. The summed E-state index contributed by atoms with van der Waals surface area (Å²) in [6.45, 7) is 7.34. The number of carboxylic acids is 1. The number of aliphatic carboxylic acids is 1. The van der Waals surface area contributed by atoms with Crippen molar-refractivity contribution >= 4 is 47.5 Å². The minimum absolute atomic E-state index is 0.0230. The van der Waals surface area contributed by atoms with Gasteiger partial charge in [-0.3, -0.25) is 29.0 Å². The first kappa shape index (κ1) is 52.7. The first-order chi connectivity index (χ1) is 30.8. The second kappa shape index (κ2) is 26.3. The van der Waals surface area contributed by atoms with Gasteiger partial charge in [0.05, 0.1) is 0 Å². The van der Waals surface area contributed by atoms with E-state index in [-0.39, 0.29) is 81.4 Å². The van der Waals surface area contributed by atoms with Crippen molar-refractivity contribution in [3.8, 4) is 11.5 Å². The SMILES string of the molecule is CC[C@H](C)[C@@H]1NC(=O)[C@H](CCc2ccc(O)cc2)N(C)C(=O)[C@H](CCc2ccc(O)cc2)NC(=O)[C@H](C(C)C)NC(=O)[C@H](NC(=O)N[C@@H](CCCN=C(N)N)C(=O)O)CCCCNC1=O. The lowest BCUT2D eigenvalue weighted by Gasteiger charge is -2.33. The van der Waals surface area contributed by atoms with Crippen LogP contribution in [0.2, 0.25) is 0 Å². The predicted octanol–water partition coefficient (Wildman–Crippen LogP) is 1.12. The number of carbonyl (C=O) groups excluding carboxylic acids is 6. The van der Waals surface area contributed by atoms with Crippen LogP contribution in [-0.2, 0) is 41.6 Å². The highest BCUT2D eigenvalue weighted by atomic mass is 16.4. The fourth-order valence-corrected chi connectivity index (χ4v) is 7.28. The van der Waals surface area contributed by atoms with Crippen molar-refractivity contribution in [3.05, 3.63) is 59.7 Å². The van der Waals surface area contributed by atoms with E-state index in [1.807, 2.05) is 13.8 Å². The highest BCUT2D eigenvalue weighted by molar-refractivity contribution is 5.96. The molecule has 1 saturated heterocycles. The zero-order valence-corrected chi connectivity index (χ0v) is 38.0. The van der Waals surface area contributed by atoms with Crippen LogP contribution in [0.15, 0.2) is 53.5 Å². The van der Waals surface area contributed by atoms with Gasteiger partial charge in [-0.05, 0) is 105 Å². The Morgan fingerprint density at radius 3 is 1.95 bits per heavy atom. The molecule has 0 saturated carbocycles. The van der Waals surface area contributed by atoms with Gasteiger partial charge in [-0.2, -0.15) is 0 Å². The molecular formula is C45H68N10O10. The molecule has 358 valence electrons. The van der Waals surface area contributed by atoms with Gasteiger partial charge in [0.1, 0.15) is 47.8 Å². The Labute approximate surface area is 380 Å². The second-order valence-corrected chi connectivity index (χ2v) is 16.8. The minimum Gasteiger partial charge on any atom is -0.508 e. The van der Waals surface area contributed by atoms with Crippen molar-refractivity contribution in [1.29, 1.82) is 0 Å². The van der Waals surface area contributed by atoms with E-state index in [0.717, 1.165) is 11.1 Å². The maximum absolute atomic E-state index is 14.7. The average molecular weight is 909 g/mol. The molecule has 0 spiro atoms. The Morgan fingerprint density at radius 2 is 1.40 bits per heavy atom. The molecule has 7 amide bonds. The van der Waals surface area contributed by atoms with Crippen LogP contribution in [0, 0.1) is 11.8 Å². The van der Waals surface area contributed by atoms with Crippen molar-refractivity contribution in [1.82, 2.24) is 36.8 Å². The van der Waals surface area contributed by atoms with Gasteiger partial charge in [-0.1, -0.05) is 58.4 Å². The Hall–Kier alpha value is -6.60. The third kappa shape index (κ3) is 17.5. The molecule has 2 aromatic rings. The van der Waals surface area contributed by atoms with Crippen LogP contribution in [0.3, 0.4) is 0 Å². The predicted molar refractivity (Wildman–Crippen MR) is 243 cm³/mol. The van der Waals surface area contributed by atoms with Crippen LogP contribution in [-0.4, -0.2) is 124 Å². The average Bonchev–Trinajstić information content (AvgIpc) is 3.26. The molecule has 7 atom stereocenters. The van der Waals surface area contributed by atoms with Gasteiger partial charge in [-0.15, -0.1) is 0 Å². The van der Waals surface area contributed by atoms with Crippen LogP contribution >= 0.6 is 0 Å². The number of amides is 7. The number of guanidine groups is 1. The normalized spacial score (nSPS) is 21.5. The molecule has 0 unspecified atom stereocenters. The van der Waals surface area contributed by atoms with Gasteiger partial charge in [-0.25, -0.2) is 9.59 Å². The Kier molecular flexibility index (Phi) is 21.3. The van der Waals surface area contributed by atoms with Crippen molar-refractivity contribution in [2.24, 2.45) is 28.3 Å². The van der Waals surface area contributed by atoms with E-state index in [4.69, 9.17) is 11.5 Å². The molecule has 1 aliphatic rings. The number of likely N-dealkylation sites (N-methyl/N-ethyl adjacent to an activating group) is 1. The van der Waals surface area contributed by atoms with Crippen molar-refractivity contribution < 1.29 is 48.9 Å². The molecule has 1 aliphatic heterocycles. The number of benzene rings is 2. The summed E-state index contributed by atoms with van der Waals surface area (Å²) in [5.41, 5.74) is 12.2. The Morgan fingerprint density at radius 1 is 0.815 bits per heavy atom. The first-order valence-electron chi connectivity index (χ1n) is 22.2. The zero-order chi connectivity index (χ0) is 48.2. The standard InChI is InChI=1S/C45H68N10O10/c1-6-27(4)37-40(60)48-24-8-7-10-32(51-45(65)52-34(43(63)64)11-9-25-49-44(46)47)38(58)53-36(26(2)3)41(61)50-33(22-16-28-12-18-30(56)19-13-28)42(62)55(5)35(39(59)54-37)23-17-29-14-20-31(57)21-15-29/h12-15,18-21,26-27,32-37,56-57H,6-11,16-17,22-25H2,1-5H3,(H,48,60)(H,50,61)(H,53,58)(H,54,59)(H,63,64)(H4,46,47,49)(H2,51,52,65)/t27-,32+,33-,34-,35-,36-,37-/m0/s1. The number of nitrogens with zero attached hydrogens (tertiary/aromatic N) is 2. The minimum atomic E-state index is -1.35. The summed E-state index contributed by atoms with van der Waals surface area (Å²) >= 11 is 0. The summed E-state index contributed by atoms with van der Waals surface area (Å²) in [5, 5.41) is 45.8. The van der Waals surface area contributed by atoms with Crippen molar-refractivity contribution in [2.45, 2.75) is 128 Å². The topological polar surface area (TPSA) is 320 Å². The van der Waals surface area contributed by atoms with Crippen LogP contribution in [0.1, 0.15) is 90.2 Å². The Bertz CT molecular complexity index is 1940. The molecule has 2 aromatic carbocycles. The van der Waals surface area contributed by atoms with Gasteiger partial charge in [0.2, 0.25) is 29.5 Å². The number of nitrogens with two attached hydrogens (primary N) is 2. The number of carboxylic acid groups (broad SMARTS) is 1. The second-order valence-electron chi connectivity index (χ2n) is 16.8. The number of nitrogens with one attached hydrogen (secondary N) is 6. The van der Waals surface area contributed by atoms with E-state index in [0.29, 0.717) is 19.3 Å². The maximum atomic E-state index is 14.7. The largest absolute Gasteiger partial charge is 0.508 e. The lowest BCUT2D eigenvalue weighted by atomic mass is 9.96. The molecule has 3 rings (SSSR count). The van der Waals surface area contributed by atoms with E-state index in [9.17, 15) is 48.9 Å². The summed E-state index contributed by atoms with van der Waals surface area (Å²) in [4.78, 5) is 102. The highest BCUT2D eigenvalue weighted by Gasteiger charge is 2.37. The summed E-state index contributed by atoms with van der Waals surface area (Å²) in [6, 6.07) is 4.63. The number of phenols is 2. The van der Waals surface area contributed by atoms with Crippen LogP contribution in [0.4, 0.5) is 4.79 Å². The lowest BCUT2D eigenvalue weighted by Crippen LogP contribution is -2.61. The van der Waals surface area contributed by atoms with Gasteiger partial charge >= 0.3 is 12.0 Å². The number of aryl methyl sites for hydroxylation is 2. The monoisotopic (exact) mass is 909 g/mol. The number of rotatable bonds is 16. The lowest BCUT2D eigenvalue weighted by molar-refractivity contribution is -0.143. The third-order valence-corrected chi connectivity index (χ3v) is 11.5. The van der Waals surface area contributed by atoms with E-state index in [1.165, 1.54) is 36.2 Å². The van der Waals surface area contributed by atoms with Crippen molar-refractivity contribution in [3.63, 3.8) is 0 Å². The van der Waals surface area contributed by atoms with Crippen LogP contribution in [0.25, 0.3) is 0 Å². The van der Waals surface area contributed by atoms with E-state index < -0.39 is 83.7 Å². The maximum Gasteiger partial charge on any atom is 0.326 e. The molecule has 0 aromatic heterocycles. The summed E-state index contributed by atoms with van der Waals surface area (Å²) < 4.78 is 0. The van der Waals surface area contributed by atoms with Crippen molar-refractivity contribution in [2.75, 3.05) is 20.1 Å². The number of hydrogen-bond acceptors (Lipinski definition) is 10. The molecule has 0 radical (unpaired) electrons. The molecule has 1 fully saturated rings. The number of urea groups is 1. The number of hydrogen-bond donors (Lipinski definition) is 11. The molecule has 0 bridgehead atoms. The molecule has 20 heteroatoms. The summed E-state index contributed by atoms with van der Waals surface area (Å²) in [6.07, 6.45) is 2.11. The van der Waals surface area contributed by atoms with Crippen LogP contribution in [0.5, 0.6) is 11.5 Å². The number of aromatic hydroxyl groups is 2.